The van der Waals surface area contributed by atoms with Crippen molar-refractivity contribution in [2.75, 3.05) is 6.61 Å². The summed E-state index contributed by atoms with van der Waals surface area (Å²) in [6, 6.07) is -6.64. The Balaban J connectivity index is 5.19. The van der Waals surface area contributed by atoms with E-state index in [1.165, 1.54) is 0 Å². The summed E-state index contributed by atoms with van der Waals surface area (Å²) in [6.45, 7) is 0.105. The van der Waals surface area contributed by atoms with Gasteiger partial charge in [-0.25, -0.2) is 4.79 Å². The molecule has 30 heavy (non-hydrogen) atoms. The van der Waals surface area contributed by atoms with Crippen LogP contribution >= 0.6 is 0 Å². The van der Waals surface area contributed by atoms with Crippen molar-refractivity contribution in [1.29, 1.82) is 0 Å². The van der Waals surface area contributed by atoms with Gasteiger partial charge in [0.2, 0.25) is 23.6 Å². The average Bonchev–Trinajstić information content (AvgIpc) is 2.61. The zero-order valence-electron chi connectivity index (χ0n) is 15.9. The lowest BCUT2D eigenvalue weighted by Crippen LogP contribution is -2.60. The summed E-state index contributed by atoms with van der Waals surface area (Å²) in [5.41, 5.74) is 10.2. The van der Waals surface area contributed by atoms with E-state index in [4.69, 9.17) is 21.7 Å². The number of aliphatic hydroxyl groups excluding tert-OH is 2. The number of hydrogen-bond donors (Lipinski definition) is 9. The zero-order chi connectivity index (χ0) is 23.6. The lowest BCUT2D eigenvalue weighted by atomic mass is 10.1. The largest absolute Gasteiger partial charge is 0.481 e. The molecule has 15 nitrogen and oxygen atoms in total. The number of carbonyl (C=O) groups excluding carboxylic acids is 4. The van der Waals surface area contributed by atoms with Gasteiger partial charge in [0.15, 0.2) is 0 Å². The van der Waals surface area contributed by atoms with E-state index in [2.05, 4.69) is 0 Å². The van der Waals surface area contributed by atoms with E-state index in [1.807, 2.05) is 16.0 Å². The molecule has 0 aliphatic heterocycles. The number of primary amides is 1. The minimum absolute atomic E-state index is 0.749. The second-order valence-corrected chi connectivity index (χ2v) is 6.24. The van der Waals surface area contributed by atoms with Crippen LogP contribution in [0.25, 0.3) is 0 Å². The molecule has 0 saturated carbocycles. The second-order valence-electron chi connectivity index (χ2n) is 6.24. The van der Waals surface area contributed by atoms with Crippen molar-refractivity contribution in [2.45, 2.75) is 50.0 Å². The van der Waals surface area contributed by atoms with Crippen molar-refractivity contribution in [3.05, 3.63) is 0 Å². The van der Waals surface area contributed by atoms with E-state index in [-0.39, 0.29) is 0 Å². The van der Waals surface area contributed by atoms with Gasteiger partial charge >= 0.3 is 11.9 Å². The first-order valence-corrected chi connectivity index (χ1v) is 8.48. The molecule has 0 fully saturated rings. The molecule has 0 rings (SSSR count). The fourth-order valence-corrected chi connectivity index (χ4v) is 2.08. The van der Waals surface area contributed by atoms with Gasteiger partial charge in [-0.05, 0) is 6.92 Å². The zero-order valence-corrected chi connectivity index (χ0v) is 15.9. The fraction of sp³-hybridized carbons (Fsp3) is 0.600. The van der Waals surface area contributed by atoms with Gasteiger partial charge in [0.25, 0.3) is 0 Å². The van der Waals surface area contributed by atoms with Crippen molar-refractivity contribution >= 4 is 35.6 Å². The van der Waals surface area contributed by atoms with E-state index >= 15 is 0 Å². The van der Waals surface area contributed by atoms with Crippen LogP contribution in [-0.2, 0) is 28.8 Å². The number of carboxylic acids is 2. The van der Waals surface area contributed by atoms with Gasteiger partial charge in [-0.15, -0.1) is 0 Å². The summed E-state index contributed by atoms with van der Waals surface area (Å²) in [5, 5.41) is 42.5. The molecule has 0 heterocycles. The molecule has 0 aliphatic carbocycles. The molecule has 0 bridgehead atoms. The van der Waals surface area contributed by atoms with Gasteiger partial charge in [-0.2, -0.15) is 0 Å². The Morgan fingerprint density at radius 2 is 1.40 bits per heavy atom. The Labute approximate surface area is 169 Å². The smallest absolute Gasteiger partial charge is 0.326 e. The lowest BCUT2D eigenvalue weighted by Gasteiger charge is -2.25. The molecule has 0 spiro atoms. The number of carbonyl (C=O) groups is 6. The highest BCUT2D eigenvalue weighted by Crippen LogP contribution is 1.99. The summed E-state index contributed by atoms with van der Waals surface area (Å²) in [4.78, 5) is 68.8. The van der Waals surface area contributed by atoms with Crippen LogP contribution in [0.1, 0.15) is 19.8 Å². The number of aliphatic hydroxyl groups is 2. The predicted octanol–water partition coefficient (Wildman–Crippen LogP) is -5.42. The molecular weight excluding hydrogens is 410 g/mol. The molecule has 0 saturated heterocycles. The molecule has 5 atom stereocenters. The first-order valence-electron chi connectivity index (χ1n) is 8.48. The van der Waals surface area contributed by atoms with Gasteiger partial charge in [0.05, 0.1) is 31.6 Å². The monoisotopic (exact) mass is 435 g/mol. The summed E-state index contributed by atoms with van der Waals surface area (Å²) < 4.78 is 0. The standard InChI is InChI=1S/C15H25N5O10/c1-5(22)11(20-12(26)6(16)2-10(24)25)14(28)19-8(4-21)13(27)18-7(15(29)30)3-9(17)23/h5-8,11,21-22H,2-4,16H2,1H3,(H2,17,23)(H,18,27)(H,19,28)(H,20,26)(H,24,25)(H,29,30). The summed E-state index contributed by atoms with van der Waals surface area (Å²) >= 11 is 0. The highest BCUT2D eigenvalue weighted by molar-refractivity contribution is 5.95. The molecule has 11 N–H and O–H groups in total. The maximum Gasteiger partial charge on any atom is 0.326 e. The third kappa shape index (κ3) is 9.26. The number of rotatable bonds is 13. The van der Waals surface area contributed by atoms with Crippen LogP contribution in [0.15, 0.2) is 0 Å². The number of hydrogen-bond acceptors (Lipinski definition) is 9. The van der Waals surface area contributed by atoms with Gasteiger partial charge < -0.3 is 47.8 Å². The van der Waals surface area contributed by atoms with Crippen LogP contribution in [-0.4, -0.2) is 92.9 Å². The maximum atomic E-state index is 12.3. The van der Waals surface area contributed by atoms with Gasteiger partial charge in [-0.1, -0.05) is 0 Å². The predicted molar refractivity (Wildman–Crippen MR) is 96.2 cm³/mol. The molecule has 15 heteroatoms. The van der Waals surface area contributed by atoms with Crippen LogP contribution in [0.4, 0.5) is 0 Å². The molecular formula is C15H25N5O10. The van der Waals surface area contributed by atoms with Crippen molar-refractivity contribution in [3.63, 3.8) is 0 Å². The van der Waals surface area contributed by atoms with Crippen LogP contribution in [0.2, 0.25) is 0 Å². The van der Waals surface area contributed by atoms with Crippen LogP contribution in [0.5, 0.6) is 0 Å². The number of aliphatic carboxylic acids is 2. The Hall–Kier alpha value is -3.30. The van der Waals surface area contributed by atoms with E-state index in [0.717, 1.165) is 6.92 Å². The third-order valence-corrected chi connectivity index (χ3v) is 3.63. The number of nitrogens with one attached hydrogen (secondary N) is 3. The topological polar surface area (TPSA) is 271 Å². The first kappa shape index (κ1) is 26.7. The van der Waals surface area contributed by atoms with Crippen molar-refractivity contribution in [1.82, 2.24) is 16.0 Å². The van der Waals surface area contributed by atoms with E-state index in [9.17, 15) is 39.0 Å². The Kier molecular flexibility index (Phi) is 10.9. The van der Waals surface area contributed by atoms with Gasteiger partial charge in [-0.3, -0.25) is 24.0 Å². The molecule has 5 unspecified atom stereocenters. The number of nitrogens with two attached hydrogens (primary N) is 2. The number of carboxylic acid groups (broad SMARTS) is 2. The molecule has 0 aromatic rings. The highest BCUT2D eigenvalue weighted by Gasteiger charge is 2.32. The third-order valence-electron chi connectivity index (χ3n) is 3.63. The average molecular weight is 435 g/mol. The summed E-state index contributed by atoms with van der Waals surface area (Å²) in [7, 11) is 0. The van der Waals surface area contributed by atoms with Crippen LogP contribution in [0, 0.1) is 0 Å². The van der Waals surface area contributed by atoms with Crippen molar-refractivity contribution < 1.29 is 49.2 Å². The molecule has 0 radical (unpaired) electrons. The van der Waals surface area contributed by atoms with Crippen molar-refractivity contribution in [3.8, 4) is 0 Å². The maximum absolute atomic E-state index is 12.3. The molecule has 0 aliphatic rings. The molecule has 0 aromatic heterocycles. The van der Waals surface area contributed by atoms with E-state index in [1.54, 1.807) is 0 Å². The minimum atomic E-state index is -1.72. The fourth-order valence-electron chi connectivity index (χ4n) is 2.08. The summed E-state index contributed by atoms with van der Waals surface area (Å²) in [5.74, 6) is -7.41. The molecule has 0 aromatic carbocycles. The SMILES string of the molecule is CC(O)C(NC(=O)C(N)CC(=O)O)C(=O)NC(CO)C(=O)NC(CC(N)=O)C(=O)O. The van der Waals surface area contributed by atoms with Crippen LogP contribution in [0.3, 0.4) is 0 Å². The minimum Gasteiger partial charge on any atom is -0.481 e. The lowest BCUT2D eigenvalue weighted by molar-refractivity contribution is -0.144. The summed E-state index contributed by atoms with van der Waals surface area (Å²) in [6.07, 6.45) is -3.02. The van der Waals surface area contributed by atoms with Gasteiger partial charge in [0, 0.05) is 0 Å². The second kappa shape index (κ2) is 12.3. The van der Waals surface area contributed by atoms with Crippen molar-refractivity contribution in [2.24, 2.45) is 11.5 Å². The first-order chi connectivity index (χ1) is 13.8. The normalized spacial score (nSPS) is 15.6. The van der Waals surface area contributed by atoms with E-state index in [0.29, 0.717) is 0 Å². The Morgan fingerprint density at radius 3 is 1.80 bits per heavy atom. The molecule has 170 valence electrons. The quantitative estimate of drug-likeness (QED) is 0.132. The Bertz CT molecular complexity index is 683. The highest BCUT2D eigenvalue weighted by atomic mass is 16.4. The van der Waals surface area contributed by atoms with Crippen LogP contribution < -0.4 is 27.4 Å². The van der Waals surface area contributed by atoms with Gasteiger partial charge in [0.1, 0.15) is 18.1 Å². The molecule has 4 amide bonds. The number of amides is 4. The van der Waals surface area contributed by atoms with E-state index < -0.39 is 85.3 Å². The Morgan fingerprint density at radius 1 is 0.867 bits per heavy atom.